The van der Waals surface area contributed by atoms with Crippen molar-refractivity contribution in [2.45, 2.75) is 12.5 Å². The summed E-state index contributed by atoms with van der Waals surface area (Å²) in [5.74, 6) is 0. The molecule has 0 saturated heterocycles. The van der Waals surface area contributed by atoms with Gasteiger partial charge in [0.2, 0.25) is 0 Å². The number of nitrogens with one attached hydrogen (secondary N) is 1. The Morgan fingerprint density at radius 3 is 2.89 bits per heavy atom. The molecule has 0 radical (unpaired) electrons. The first kappa shape index (κ1) is 13.3. The summed E-state index contributed by atoms with van der Waals surface area (Å²) in [6, 6.07) is 8.37. The van der Waals surface area contributed by atoms with Crippen LogP contribution in [0.3, 0.4) is 0 Å². The van der Waals surface area contributed by atoms with Gasteiger partial charge in [-0.05, 0) is 11.6 Å². The maximum Gasteiger partial charge on any atom is 0.0789 e. The number of rotatable bonds is 7. The second kappa shape index (κ2) is 7.36. The van der Waals surface area contributed by atoms with E-state index >= 15 is 0 Å². The zero-order chi connectivity index (χ0) is 12.6. The van der Waals surface area contributed by atoms with Gasteiger partial charge in [-0.15, -0.1) is 0 Å². The van der Waals surface area contributed by atoms with E-state index in [0.717, 1.165) is 13.0 Å². The van der Waals surface area contributed by atoms with E-state index in [9.17, 15) is 0 Å². The molecule has 1 aromatic rings. The lowest BCUT2D eigenvalue weighted by molar-refractivity contribution is -0.00267. The molecular formula is C14H21NO3. The van der Waals surface area contributed by atoms with Gasteiger partial charge in [-0.25, -0.2) is 0 Å². The van der Waals surface area contributed by atoms with Crippen LogP contribution in [0.25, 0.3) is 0 Å². The van der Waals surface area contributed by atoms with Crippen molar-refractivity contribution in [1.29, 1.82) is 0 Å². The quantitative estimate of drug-likeness (QED) is 0.749. The van der Waals surface area contributed by atoms with Crippen LogP contribution in [0.2, 0.25) is 0 Å². The minimum atomic E-state index is 0.242. The summed E-state index contributed by atoms with van der Waals surface area (Å²) in [6.07, 6.45) is 1.22. The van der Waals surface area contributed by atoms with Crippen molar-refractivity contribution in [3.63, 3.8) is 0 Å². The standard InChI is InChI=1S/C14H21NO3/c1-16-6-7-17-8-9-18-13-10-12-4-2-3-5-14(12)15-11-13/h2-5,13,15H,6-11H2,1H3. The van der Waals surface area contributed by atoms with Crippen LogP contribution in [-0.4, -0.2) is 46.2 Å². The third kappa shape index (κ3) is 3.98. The summed E-state index contributed by atoms with van der Waals surface area (Å²) < 4.78 is 16.1. The van der Waals surface area contributed by atoms with Crippen molar-refractivity contribution in [2.75, 3.05) is 45.4 Å². The summed E-state index contributed by atoms with van der Waals surface area (Å²) in [5.41, 5.74) is 2.56. The maximum atomic E-state index is 5.79. The molecule has 18 heavy (non-hydrogen) atoms. The highest BCUT2D eigenvalue weighted by molar-refractivity contribution is 5.53. The Balaban J connectivity index is 1.64. The van der Waals surface area contributed by atoms with Gasteiger partial charge in [-0.1, -0.05) is 18.2 Å². The van der Waals surface area contributed by atoms with Gasteiger partial charge in [0.15, 0.2) is 0 Å². The lowest BCUT2D eigenvalue weighted by Gasteiger charge is -2.26. The fourth-order valence-corrected chi connectivity index (χ4v) is 2.05. The van der Waals surface area contributed by atoms with Crippen LogP contribution in [0.15, 0.2) is 24.3 Å². The van der Waals surface area contributed by atoms with Crippen LogP contribution in [0.5, 0.6) is 0 Å². The summed E-state index contributed by atoms with van der Waals surface area (Å²) in [6.45, 7) is 3.40. The molecule has 100 valence electrons. The smallest absolute Gasteiger partial charge is 0.0789 e. The van der Waals surface area contributed by atoms with Crippen molar-refractivity contribution in [2.24, 2.45) is 0 Å². The largest absolute Gasteiger partial charge is 0.382 e. The van der Waals surface area contributed by atoms with Crippen molar-refractivity contribution in [3.05, 3.63) is 29.8 Å². The highest BCUT2D eigenvalue weighted by Crippen LogP contribution is 2.22. The fourth-order valence-electron chi connectivity index (χ4n) is 2.05. The second-order valence-corrected chi connectivity index (χ2v) is 4.34. The molecule has 0 fully saturated rings. The number of anilines is 1. The molecule has 4 heteroatoms. The number of hydrogen-bond donors (Lipinski definition) is 1. The summed E-state index contributed by atoms with van der Waals surface area (Å²) in [7, 11) is 1.67. The number of fused-ring (bicyclic) bond motifs is 1. The highest BCUT2D eigenvalue weighted by Gasteiger charge is 2.17. The van der Waals surface area contributed by atoms with Crippen LogP contribution in [-0.2, 0) is 20.6 Å². The van der Waals surface area contributed by atoms with Crippen LogP contribution in [0.1, 0.15) is 5.56 Å². The normalized spacial score (nSPS) is 18.2. The molecule has 0 spiro atoms. The molecule has 0 saturated carbocycles. The minimum absolute atomic E-state index is 0.242. The van der Waals surface area contributed by atoms with Crippen LogP contribution in [0.4, 0.5) is 5.69 Å². The van der Waals surface area contributed by atoms with Crippen molar-refractivity contribution < 1.29 is 14.2 Å². The molecule has 2 rings (SSSR count). The Morgan fingerprint density at radius 2 is 2.00 bits per heavy atom. The number of para-hydroxylation sites is 1. The third-order valence-corrected chi connectivity index (χ3v) is 3.00. The Hall–Kier alpha value is -1.10. The fraction of sp³-hybridized carbons (Fsp3) is 0.571. The van der Waals surface area contributed by atoms with Crippen LogP contribution >= 0.6 is 0 Å². The zero-order valence-electron chi connectivity index (χ0n) is 10.9. The molecule has 1 N–H and O–H groups in total. The van der Waals surface area contributed by atoms with Crippen molar-refractivity contribution in [3.8, 4) is 0 Å². The zero-order valence-corrected chi connectivity index (χ0v) is 10.9. The van der Waals surface area contributed by atoms with Gasteiger partial charge in [0.1, 0.15) is 0 Å². The Labute approximate surface area is 108 Å². The van der Waals surface area contributed by atoms with Crippen molar-refractivity contribution >= 4 is 5.69 Å². The number of hydrogen-bond acceptors (Lipinski definition) is 4. The minimum Gasteiger partial charge on any atom is -0.382 e. The van der Waals surface area contributed by atoms with Gasteiger partial charge < -0.3 is 19.5 Å². The van der Waals surface area contributed by atoms with E-state index < -0.39 is 0 Å². The predicted octanol–water partition coefficient (Wildman–Crippen LogP) is 1.70. The van der Waals surface area contributed by atoms with E-state index in [4.69, 9.17) is 14.2 Å². The number of ether oxygens (including phenoxy) is 3. The van der Waals surface area contributed by atoms with E-state index in [1.54, 1.807) is 7.11 Å². The summed E-state index contributed by atoms with van der Waals surface area (Å²) in [4.78, 5) is 0. The average Bonchev–Trinajstić information content (AvgIpc) is 2.42. The molecular weight excluding hydrogens is 230 g/mol. The van der Waals surface area contributed by atoms with E-state index in [0.29, 0.717) is 26.4 Å². The number of methoxy groups -OCH3 is 1. The Bertz CT molecular complexity index is 357. The molecule has 1 aliphatic heterocycles. The van der Waals surface area contributed by atoms with E-state index in [1.807, 2.05) is 0 Å². The molecule has 0 aromatic heterocycles. The molecule has 1 aromatic carbocycles. The SMILES string of the molecule is COCCOCCOC1CNc2ccccc2C1. The molecule has 4 nitrogen and oxygen atoms in total. The molecule has 1 aliphatic rings. The van der Waals surface area contributed by atoms with Crippen LogP contribution in [0, 0.1) is 0 Å². The van der Waals surface area contributed by atoms with E-state index in [1.165, 1.54) is 11.3 Å². The molecule has 1 unspecified atom stereocenters. The summed E-state index contributed by atoms with van der Waals surface area (Å²) >= 11 is 0. The first-order chi connectivity index (χ1) is 8.90. The second-order valence-electron chi connectivity index (χ2n) is 4.34. The highest BCUT2D eigenvalue weighted by atomic mass is 16.5. The van der Waals surface area contributed by atoms with E-state index in [2.05, 4.69) is 29.6 Å². The van der Waals surface area contributed by atoms with Gasteiger partial charge >= 0.3 is 0 Å². The lowest BCUT2D eigenvalue weighted by Crippen LogP contribution is -2.31. The molecule has 1 atom stereocenters. The Morgan fingerprint density at radius 1 is 1.17 bits per heavy atom. The van der Waals surface area contributed by atoms with Crippen LogP contribution < -0.4 is 5.32 Å². The number of benzene rings is 1. The van der Waals surface area contributed by atoms with Gasteiger partial charge in [0.25, 0.3) is 0 Å². The van der Waals surface area contributed by atoms with Gasteiger partial charge in [-0.2, -0.15) is 0 Å². The molecule has 0 aliphatic carbocycles. The van der Waals surface area contributed by atoms with Gasteiger partial charge in [0, 0.05) is 25.8 Å². The Kier molecular flexibility index (Phi) is 5.45. The average molecular weight is 251 g/mol. The molecule has 1 heterocycles. The third-order valence-electron chi connectivity index (χ3n) is 3.00. The van der Waals surface area contributed by atoms with Gasteiger partial charge in [-0.3, -0.25) is 0 Å². The van der Waals surface area contributed by atoms with Crippen molar-refractivity contribution in [1.82, 2.24) is 0 Å². The molecule has 0 bridgehead atoms. The topological polar surface area (TPSA) is 39.7 Å². The van der Waals surface area contributed by atoms with E-state index in [-0.39, 0.29) is 6.10 Å². The maximum absolute atomic E-state index is 5.79. The predicted molar refractivity (Wildman–Crippen MR) is 71.1 cm³/mol. The first-order valence-corrected chi connectivity index (χ1v) is 6.40. The molecule has 0 amide bonds. The first-order valence-electron chi connectivity index (χ1n) is 6.40. The lowest BCUT2D eigenvalue weighted by atomic mass is 10.0. The monoisotopic (exact) mass is 251 g/mol. The van der Waals surface area contributed by atoms with Gasteiger partial charge in [0.05, 0.1) is 32.5 Å². The summed E-state index contributed by atoms with van der Waals surface area (Å²) in [5, 5.41) is 3.39.